The molecule has 11 nitrogen and oxygen atoms in total. The van der Waals surface area contributed by atoms with Gasteiger partial charge in [0.05, 0.1) is 38.8 Å². The van der Waals surface area contributed by atoms with Crippen LogP contribution in [0.2, 0.25) is 0 Å². The second-order valence-corrected chi connectivity index (χ2v) is 10.0. The molecule has 2 aliphatic heterocycles. The van der Waals surface area contributed by atoms with Crippen LogP contribution < -0.4 is 15.4 Å². The molecule has 1 fully saturated rings. The van der Waals surface area contributed by atoms with E-state index in [-0.39, 0.29) is 6.01 Å². The first-order valence-corrected chi connectivity index (χ1v) is 13.6. The van der Waals surface area contributed by atoms with Gasteiger partial charge in [-0.25, -0.2) is 15.0 Å². The lowest BCUT2D eigenvalue weighted by atomic mass is 9.97. The summed E-state index contributed by atoms with van der Waals surface area (Å²) >= 11 is 0. The van der Waals surface area contributed by atoms with Crippen molar-refractivity contribution < 1.29 is 14.3 Å². The van der Waals surface area contributed by atoms with E-state index < -0.39 is 6.04 Å². The third-order valence-corrected chi connectivity index (χ3v) is 7.37. The average Bonchev–Trinajstić information content (AvgIpc) is 3.49. The molecule has 5 heterocycles. The summed E-state index contributed by atoms with van der Waals surface area (Å²) in [6, 6.07) is 7.89. The largest absolute Gasteiger partial charge is 0.467 e. The molecule has 0 radical (unpaired) electrons. The molecule has 210 valence electrons. The van der Waals surface area contributed by atoms with Crippen molar-refractivity contribution in [3.63, 3.8) is 0 Å². The van der Waals surface area contributed by atoms with E-state index in [1.54, 1.807) is 18.6 Å². The molecular weight excluding hydrogens is 520 g/mol. The Labute approximate surface area is 238 Å². The highest BCUT2D eigenvalue weighted by atomic mass is 16.5. The third kappa shape index (κ3) is 5.81. The highest BCUT2D eigenvalue weighted by molar-refractivity contribution is 5.80. The Bertz CT molecular complexity index is 1560. The van der Waals surface area contributed by atoms with E-state index in [0.717, 1.165) is 84.7 Å². The van der Waals surface area contributed by atoms with Crippen LogP contribution in [-0.2, 0) is 16.1 Å². The maximum Gasteiger partial charge on any atom is 0.316 e. The summed E-state index contributed by atoms with van der Waals surface area (Å²) in [5.41, 5.74) is 7.24. The maximum absolute atomic E-state index is 11.9. The first-order valence-electron chi connectivity index (χ1n) is 13.6. The fourth-order valence-electron chi connectivity index (χ4n) is 5.16. The minimum absolute atomic E-state index is 0.286. The molecule has 0 spiro atoms. The van der Waals surface area contributed by atoms with Crippen LogP contribution in [0.3, 0.4) is 0 Å². The highest BCUT2D eigenvalue weighted by Crippen LogP contribution is 2.35. The number of ether oxygens (including phenoxy) is 2. The predicted octanol–water partition coefficient (Wildman–Crippen LogP) is 3.61. The third-order valence-electron chi connectivity index (χ3n) is 7.37. The van der Waals surface area contributed by atoms with Gasteiger partial charge in [-0.05, 0) is 54.1 Å². The van der Waals surface area contributed by atoms with Gasteiger partial charge in [0, 0.05) is 60.6 Å². The summed E-state index contributed by atoms with van der Waals surface area (Å²) in [6.45, 7) is 7.41. The Morgan fingerprint density at radius 3 is 2.71 bits per heavy atom. The molecule has 0 bridgehead atoms. The van der Waals surface area contributed by atoms with Gasteiger partial charge in [0.1, 0.15) is 18.1 Å². The fraction of sp³-hybridized carbons (Fsp3) is 0.300. The summed E-state index contributed by atoms with van der Waals surface area (Å²) in [5.74, 6) is 0.588. The number of aromatic nitrogens is 5. The predicted molar refractivity (Wildman–Crippen MR) is 156 cm³/mol. The van der Waals surface area contributed by atoms with Crippen molar-refractivity contribution >= 4 is 23.9 Å². The van der Waals surface area contributed by atoms with E-state index in [4.69, 9.17) is 14.5 Å². The average molecular weight is 553 g/mol. The zero-order valence-corrected chi connectivity index (χ0v) is 23.1. The van der Waals surface area contributed by atoms with Gasteiger partial charge in [-0.1, -0.05) is 6.07 Å². The van der Waals surface area contributed by atoms with Gasteiger partial charge in [-0.15, -0.1) is 0 Å². The number of nitrogens with one attached hydrogen (secondary N) is 2. The number of benzene rings is 1. The van der Waals surface area contributed by atoms with Gasteiger partial charge >= 0.3 is 6.01 Å². The van der Waals surface area contributed by atoms with Gasteiger partial charge in [0.15, 0.2) is 0 Å². The molecule has 41 heavy (non-hydrogen) atoms. The summed E-state index contributed by atoms with van der Waals surface area (Å²) in [7, 11) is 1.53. The van der Waals surface area contributed by atoms with Gasteiger partial charge in [0.25, 0.3) is 0 Å². The molecule has 2 N–H and O–H groups in total. The molecule has 0 aliphatic carbocycles. The van der Waals surface area contributed by atoms with E-state index in [0.29, 0.717) is 11.5 Å². The SMILES string of the molecule is COc1ncc(-c2cc3c(c(Nc4ccc(-c5cnn(CCN6CCOCC6)c5)c(C)c4)n2)C(C=O)NC=C3)cn1. The summed E-state index contributed by atoms with van der Waals surface area (Å²) in [5, 5.41) is 11.2. The highest BCUT2D eigenvalue weighted by Gasteiger charge is 2.23. The normalized spacial score (nSPS) is 16.6. The fourth-order valence-corrected chi connectivity index (χ4v) is 5.16. The number of rotatable bonds is 9. The Morgan fingerprint density at radius 1 is 1.12 bits per heavy atom. The quantitative estimate of drug-likeness (QED) is 0.298. The number of carbonyl (C=O) groups excluding carboxylic acids is 1. The first kappa shape index (κ1) is 26.6. The molecule has 0 amide bonds. The zero-order chi connectivity index (χ0) is 28.2. The van der Waals surface area contributed by atoms with Crippen LogP contribution in [0.1, 0.15) is 22.7 Å². The standard InChI is InChI=1S/C30H32N8O3/c1-20-13-24(3-4-25(20)23-17-34-38(18-23)8-7-37-9-11-41-12-10-37)35-29-28-21(5-6-31-27(28)19-39)14-26(36-29)22-15-32-30(40-2)33-16-22/h3-6,13-19,27,31H,7-12H2,1-2H3,(H,35,36). The molecule has 2 aliphatic rings. The summed E-state index contributed by atoms with van der Waals surface area (Å²) in [4.78, 5) is 27.7. The van der Waals surface area contributed by atoms with Gasteiger partial charge < -0.3 is 24.9 Å². The Balaban J connectivity index is 1.25. The minimum atomic E-state index is -0.519. The van der Waals surface area contributed by atoms with Crippen molar-refractivity contribution in [3.05, 3.63) is 71.9 Å². The van der Waals surface area contributed by atoms with Gasteiger partial charge in [0.2, 0.25) is 0 Å². The number of aldehydes is 1. The molecule has 3 aromatic heterocycles. The molecule has 1 saturated heterocycles. The van der Waals surface area contributed by atoms with Crippen molar-refractivity contribution in [2.24, 2.45) is 0 Å². The van der Waals surface area contributed by atoms with E-state index in [1.807, 2.05) is 29.1 Å². The second-order valence-electron chi connectivity index (χ2n) is 10.0. The summed E-state index contributed by atoms with van der Waals surface area (Å²) < 4.78 is 12.5. The molecule has 1 unspecified atom stereocenters. The van der Waals surface area contributed by atoms with Crippen molar-refractivity contribution in [1.82, 2.24) is 34.9 Å². The Kier molecular flexibility index (Phi) is 7.70. The van der Waals surface area contributed by atoms with Gasteiger partial charge in [-0.3, -0.25) is 9.58 Å². The van der Waals surface area contributed by atoms with Crippen molar-refractivity contribution in [2.75, 3.05) is 45.3 Å². The zero-order valence-electron chi connectivity index (χ0n) is 23.1. The lowest BCUT2D eigenvalue weighted by Gasteiger charge is -2.26. The number of carbonyl (C=O) groups is 1. The maximum atomic E-state index is 11.9. The van der Waals surface area contributed by atoms with E-state index in [2.05, 4.69) is 55.9 Å². The minimum Gasteiger partial charge on any atom is -0.467 e. The van der Waals surface area contributed by atoms with Crippen LogP contribution in [0.25, 0.3) is 28.5 Å². The molecule has 11 heteroatoms. The molecule has 1 atom stereocenters. The second kappa shape index (κ2) is 11.9. The topological polar surface area (TPSA) is 119 Å². The van der Waals surface area contributed by atoms with Crippen LogP contribution in [0.15, 0.2) is 55.3 Å². The molecular formula is C30H32N8O3. The number of anilines is 2. The van der Waals surface area contributed by atoms with E-state index in [1.165, 1.54) is 7.11 Å². The lowest BCUT2D eigenvalue weighted by molar-refractivity contribution is -0.109. The molecule has 1 aromatic carbocycles. The van der Waals surface area contributed by atoms with Crippen LogP contribution >= 0.6 is 0 Å². The van der Waals surface area contributed by atoms with Crippen LogP contribution in [0, 0.1) is 6.92 Å². The Hall–Kier alpha value is -4.61. The van der Waals surface area contributed by atoms with Crippen LogP contribution in [0.4, 0.5) is 11.5 Å². The van der Waals surface area contributed by atoms with Crippen LogP contribution in [-0.4, -0.2) is 75.9 Å². The number of aryl methyl sites for hydroxylation is 1. The van der Waals surface area contributed by atoms with E-state index in [9.17, 15) is 4.79 Å². The molecule has 4 aromatic rings. The number of pyridine rings is 1. The van der Waals surface area contributed by atoms with E-state index >= 15 is 0 Å². The van der Waals surface area contributed by atoms with Crippen LogP contribution in [0.5, 0.6) is 6.01 Å². The summed E-state index contributed by atoms with van der Waals surface area (Å²) in [6.07, 6.45) is 12.0. The monoisotopic (exact) mass is 552 g/mol. The Morgan fingerprint density at radius 2 is 1.95 bits per heavy atom. The number of fused-ring (bicyclic) bond motifs is 1. The van der Waals surface area contributed by atoms with Crippen molar-refractivity contribution in [3.8, 4) is 28.4 Å². The van der Waals surface area contributed by atoms with Crippen molar-refractivity contribution in [2.45, 2.75) is 19.5 Å². The molecule has 0 saturated carbocycles. The number of methoxy groups -OCH3 is 1. The number of morpholine rings is 1. The molecule has 6 rings (SSSR count). The first-order chi connectivity index (χ1) is 20.1. The number of nitrogens with zero attached hydrogens (tertiary/aromatic N) is 6. The smallest absolute Gasteiger partial charge is 0.316 e. The van der Waals surface area contributed by atoms with Crippen molar-refractivity contribution in [1.29, 1.82) is 0 Å². The lowest BCUT2D eigenvalue weighted by Crippen LogP contribution is -2.38. The van der Waals surface area contributed by atoms with Gasteiger partial charge in [-0.2, -0.15) is 5.10 Å². The number of hydrogen-bond donors (Lipinski definition) is 2. The number of hydrogen-bond acceptors (Lipinski definition) is 10.